The minimum Gasteiger partial charge on any atom is -0.497 e. The van der Waals surface area contributed by atoms with Crippen molar-refractivity contribution in [2.45, 2.75) is 19.4 Å². The topological polar surface area (TPSA) is 93.4 Å². The van der Waals surface area contributed by atoms with Gasteiger partial charge in [0.1, 0.15) is 11.8 Å². The van der Waals surface area contributed by atoms with Crippen LogP contribution in [0, 0.1) is 0 Å². The van der Waals surface area contributed by atoms with E-state index < -0.39 is 11.9 Å². The molecule has 1 aromatic rings. The van der Waals surface area contributed by atoms with E-state index in [0.29, 0.717) is 0 Å². The molecule has 0 bridgehead atoms. The van der Waals surface area contributed by atoms with Crippen molar-refractivity contribution in [2.75, 3.05) is 7.11 Å². The van der Waals surface area contributed by atoms with Gasteiger partial charge in [0.25, 0.3) is 5.91 Å². The highest BCUT2D eigenvalue weighted by atomic mass is 16.5. The quantitative estimate of drug-likeness (QED) is 0.381. The third kappa shape index (κ3) is 4.06. The van der Waals surface area contributed by atoms with Crippen LogP contribution in [0.15, 0.2) is 24.3 Å². The first kappa shape index (κ1) is 14.0. The third-order valence-electron chi connectivity index (χ3n) is 2.44. The first-order valence-corrected chi connectivity index (χ1v) is 5.49. The molecule has 0 heterocycles. The third-order valence-corrected chi connectivity index (χ3v) is 2.44. The molecule has 18 heavy (non-hydrogen) atoms. The van der Waals surface area contributed by atoms with Crippen LogP contribution in [-0.2, 0) is 16.0 Å². The average Bonchev–Trinajstić information content (AvgIpc) is 2.38. The van der Waals surface area contributed by atoms with Gasteiger partial charge < -0.3 is 10.1 Å². The highest BCUT2D eigenvalue weighted by Crippen LogP contribution is 2.11. The highest BCUT2D eigenvalue weighted by Gasteiger charge is 2.14. The van der Waals surface area contributed by atoms with Gasteiger partial charge in [0.15, 0.2) is 0 Å². The lowest BCUT2D eigenvalue weighted by Crippen LogP contribution is -2.47. The smallest absolute Gasteiger partial charge is 0.256 e. The van der Waals surface area contributed by atoms with Gasteiger partial charge in [0.2, 0.25) is 5.91 Å². The van der Waals surface area contributed by atoms with E-state index in [1.165, 1.54) is 0 Å². The van der Waals surface area contributed by atoms with E-state index in [1.54, 1.807) is 38.3 Å². The Hall–Kier alpha value is -2.08. The van der Waals surface area contributed by atoms with Crippen molar-refractivity contribution in [1.82, 2.24) is 10.7 Å². The Morgan fingerprint density at radius 2 is 1.94 bits per heavy atom. The van der Waals surface area contributed by atoms with Crippen molar-refractivity contribution in [3.8, 4) is 5.75 Å². The Morgan fingerprint density at radius 3 is 2.44 bits per heavy atom. The second kappa shape index (κ2) is 6.61. The minimum atomic E-state index is -0.652. The molecular weight excluding hydrogens is 234 g/mol. The molecule has 1 unspecified atom stereocenters. The molecule has 0 aromatic heterocycles. The van der Waals surface area contributed by atoms with Crippen molar-refractivity contribution in [3.05, 3.63) is 29.8 Å². The minimum absolute atomic E-state index is 0.201. The van der Waals surface area contributed by atoms with E-state index in [0.717, 1.165) is 11.3 Å². The van der Waals surface area contributed by atoms with Crippen LogP contribution in [0.5, 0.6) is 5.75 Å². The lowest BCUT2D eigenvalue weighted by atomic mass is 10.1. The van der Waals surface area contributed by atoms with Crippen molar-refractivity contribution in [2.24, 2.45) is 5.84 Å². The number of ether oxygens (including phenoxy) is 1. The van der Waals surface area contributed by atoms with E-state index in [1.807, 2.05) is 5.43 Å². The fourth-order valence-corrected chi connectivity index (χ4v) is 1.41. The van der Waals surface area contributed by atoms with Gasteiger partial charge in [-0.1, -0.05) is 12.1 Å². The highest BCUT2D eigenvalue weighted by molar-refractivity contribution is 5.87. The second-order valence-corrected chi connectivity index (χ2v) is 3.82. The molecule has 0 aliphatic heterocycles. The predicted octanol–water partition coefficient (Wildman–Crippen LogP) is -0.268. The maximum absolute atomic E-state index is 11.6. The number of hydrogen-bond donors (Lipinski definition) is 3. The SMILES string of the molecule is COc1ccc(CC(=O)NC(C)C(=O)NN)cc1. The number of methoxy groups -OCH3 is 1. The number of rotatable bonds is 5. The van der Waals surface area contributed by atoms with Crippen molar-refractivity contribution >= 4 is 11.8 Å². The molecule has 0 fully saturated rings. The van der Waals surface area contributed by atoms with Crippen LogP contribution in [0.25, 0.3) is 0 Å². The zero-order valence-corrected chi connectivity index (χ0v) is 10.4. The molecule has 0 aliphatic rings. The Balaban J connectivity index is 2.51. The van der Waals surface area contributed by atoms with Gasteiger partial charge in [-0.2, -0.15) is 0 Å². The van der Waals surface area contributed by atoms with E-state index in [2.05, 4.69) is 5.32 Å². The molecule has 98 valence electrons. The average molecular weight is 251 g/mol. The predicted molar refractivity (Wildman–Crippen MR) is 66.6 cm³/mol. The van der Waals surface area contributed by atoms with Gasteiger partial charge in [0.05, 0.1) is 13.5 Å². The molecule has 2 amide bonds. The van der Waals surface area contributed by atoms with Gasteiger partial charge in [-0.25, -0.2) is 5.84 Å². The number of hydrazine groups is 1. The summed E-state index contributed by atoms with van der Waals surface area (Å²) in [7, 11) is 1.58. The van der Waals surface area contributed by atoms with Crippen LogP contribution >= 0.6 is 0 Å². The summed E-state index contributed by atoms with van der Waals surface area (Å²) in [5.74, 6) is 5.03. The molecule has 0 radical (unpaired) electrons. The van der Waals surface area contributed by atoms with Crippen LogP contribution in [0.4, 0.5) is 0 Å². The van der Waals surface area contributed by atoms with Crippen LogP contribution < -0.4 is 21.3 Å². The number of nitrogens with one attached hydrogen (secondary N) is 2. The molecule has 0 aliphatic carbocycles. The fourth-order valence-electron chi connectivity index (χ4n) is 1.41. The van der Waals surface area contributed by atoms with Crippen molar-refractivity contribution < 1.29 is 14.3 Å². The molecular formula is C12H17N3O3. The summed E-state index contributed by atoms with van der Waals surface area (Å²) < 4.78 is 5.02. The summed E-state index contributed by atoms with van der Waals surface area (Å²) in [5.41, 5.74) is 2.82. The Bertz CT molecular complexity index is 417. The fraction of sp³-hybridized carbons (Fsp3) is 0.333. The summed E-state index contributed by atoms with van der Waals surface area (Å²) >= 11 is 0. The first-order valence-electron chi connectivity index (χ1n) is 5.49. The molecule has 1 rings (SSSR count). The van der Waals surface area contributed by atoms with Crippen molar-refractivity contribution in [1.29, 1.82) is 0 Å². The van der Waals surface area contributed by atoms with Crippen LogP contribution in [-0.4, -0.2) is 25.0 Å². The van der Waals surface area contributed by atoms with E-state index >= 15 is 0 Å². The maximum atomic E-state index is 11.6. The van der Waals surface area contributed by atoms with E-state index in [9.17, 15) is 9.59 Å². The zero-order chi connectivity index (χ0) is 13.5. The summed E-state index contributed by atoms with van der Waals surface area (Å²) in [6.07, 6.45) is 0.201. The number of carbonyl (C=O) groups is 2. The van der Waals surface area contributed by atoms with Gasteiger partial charge in [-0.3, -0.25) is 15.0 Å². The molecule has 0 spiro atoms. The number of amides is 2. The lowest BCUT2D eigenvalue weighted by Gasteiger charge is -2.12. The molecule has 1 atom stereocenters. The van der Waals surface area contributed by atoms with Gasteiger partial charge in [0, 0.05) is 0 Å². The first-order chi connectivity index (χ1) is 8.56. The van der Waals surface area contributed by atoms with E-state index in [-0.39, 0.29) is 12.3 Å². The largest absolute Gasteiger partial charge is 0.497 e. The van der Waals surface area contributed by atoms with Gasteiger partial charge in [-0.15, -0.1) is 0 Å². The second-order valence-electron chi connectivity index (χ2n) is 3.82. The van der Waals surface area contributed by atoms with Gasteiger partial charge >= 0.3 is 0 Å². The Kier molecular flexibility index (Phi) is 5.13. The summed E-state index contributed by atoms with van der Waals surface area (Å²) in [6.45, 7) is 1.56. The normalized spacial score (nSPS) is 11.5. The summed E-state index contributed by atoms with van der Waals surface area (Å²) in [4.78, 5) is 22.8. The number of hydrogen-bond acceptors (Lipinski definition) is 4. The zero-order valence-electron chi connectivity index (χ0n) is 10.4. The monoisotopic (exact) mass is 251 g/mol. The molecule has 6 heteroatoms. The summed E-state index contributed by atoms with van der Waals surface area (Å²) in [5, 5.41) is 2.55. The van der Waals surface area contributed by atoms with E-state index in [4.69, 9.17) is 10.6 Å². The lowest BCUT2D eigenvalue weighted by molar-refractivity contribution is -0.128. The number of nitrogens with two attached hydrogens (primary N) is 1. The standard InChI is InChI=1S/C12H17N3O3/c1-8(12(17)15-13)14-11(16)7-9-3-5-10(18-2)6-4-9/h3-6,8H,7,13H2,1-2H3,(H,14,16)(H,15,17). The summed E-state index contributed by atoms with van der Waals surface area (Å²) in [6, 6.07) is 6.50. The molecule has 0 saturated carbocycles. The molecule has 6 nitrogen and oxygen atoms in total. The van der Waals surface area contributed by atoms with Crippen LogP contribution in [0.3, 0.4) is 0 Å². The maximum Gasteiger partial charge on any atom is 0.256 e. The molecule has 1 aromatic carbocycles. The van der Waals surface area contributed by atoms with Crippen molar-refractivity contribution in [3.63, 3.8) is 0 Å². The van der Waals surface area contributed by atoms with Crippen LogP contribution in [0.1, 0.15) is 12.5 Å². The molecule has 0 saturated heterocycles. The number of benzene rings is 1. The van der Waals surface area contributed by atoms with Crippen LogP contribution in [0.2, 0.25) is 0 Å². The Morgan fingerprint density at radius 1 is 1.33 bits per heavy atom. The molecule has 4 N–H and O–H groups in total. The Labute approximate surface area is 105 Å². The van der Waals surface area contributed by atoms with Gasteiger partial charge in [-0.05, 0) is 24.6 Å². The number of carbonyl (C=O) groups excluding carboxylic acids is 2.